The maximum atomic E-state index is 7.83. The van der Waals surface area contributed by atoms with Gasteiger partial charge < -0.3 is 5.48 Å². The van der Waals surface area contributed by atoms with E-state index in [0.29, 0.717) is 0 Å². The molecule has 4 heteroatoms. The lowest BCUT2D eigenvalue weighted by Crippen LogP contribution is -0.894. The molecule has 2 N–H and O–H groups in total. The predicted octanol–water partition coefficient (Wildman–Crippen LogP) is -1.05. The van der Waals surface area contributed by atoms with Crippen LogP contribution in [0.4, 0.5) is 0 Å². The smallest absolute Gasteiger partial charge is 0.197 e. The lowest BCUT2D eigenvalue weighted by Gasteiger charge is -0.734. The van der Waals surface area contributed by atoms with Crippen molar-refractivity contribution in [3.8, 4) is 0 Å². The van der Waals surface area contributed by atoms with E-state index in [-0.39, 0.29) is 19.0 Å². The molecule has 0 aromatic rings. The fraction of sp³-hybridized carbons (Fsp3) is 0. The SMILES string of the molecule is O.O=S.S. The lowest BCUT2D eigenvalue weighted by molar-refractivity contribution is 0.702. The molecule has 0 aliphatic heterocycles. The van der Waals surface area contributed by atoms with Gasteiger partial charge in [0.1, 0.15) is 0 Å². The van der Waals surface area contributed by atoms with E-state index >= 15 is 0 Å². The molecular formula is H4O2S2. The third-order valence-corrected chi connectivity index (χ3v) is 0. The van der Waals surface area contributed by atoms with Crippen LogP contribution in [-0.2, 0) is 12.5 Å². The van der Waals surface area contributed by atoms with Crippen molar-refractivity contribution in [1.29, 1.82) is 0 Å². The van der Waals surface area contributed by atoms with Crippen LogP contribution in [0.2, 0.25) is 0 Å². The molecule has 0 amide bonds. The van der Waals surface area contributed by atoms with E-state index in [0.717, 1.165) is 0 Å². The fourth-order valence-corrected chi connectivity index (χ4v) is 0. The zero-order chi connectivity index (χ0) is 2.00. The average Bonchev–Trinajstić information content (AvgIpc) is 1.00. The van der Waals surface area contributed by atoms with Crippen molar-refractivity contribution in [3.05, 3.63) is 0 Å². The Labute approximate surface area is 36.5 Å². The third kappa shape index (κ3) is 37.8. The second kappa shape index (κ2) is 166. The minimum absolute atomic E-state index is 0. The summed E-state index contributed by atoms with van der Waals surface area (Å²) in [6.07, 6.45) is 0. The van der Waals surface area contributed by atoms with Gasteiger partial charge in [-0.05, 0) is 0 Å². The van der Waals surface area contributed by atoms with Crippen molar-refractivity contribution in [2.24, 2.45) is 0 Å². The third-order valence-electron chi connectivity index (χ3n) is 0. The van der Waals surface area contributed by atoms with Crippen molar-refractivity contribution in [1.82, 2.24) is 0 Å². The Kier molecular flexibility index (Phi) is 1130. The monoisotopic (exact) mass is 100.0 g/mol. The maximum Gasteiger partial charge on any atom is 0.197 e. The Hall–Kier alpha value is 0.330. The largest absolute Gasteiger partial charge is 0.412 e. The highest BCUT2D eigenvalue weighted by Gasteiger charge is 0.734. The first kappa shape index (κ1) is 27.1. The molecule has 0 aromatic heterocycles. The van der Waals surface area contributed by atoms with E-state index in [1.54, 1.807) is 0 Å². The molecule has 0 radical (unpaired) electrons. The highest BCUT2D eigenvalue weighted by atomic mass is 32.1. The summed E-state index contributed by atoms with van der Waals surface area (Å²) in [5.41, 5.74) is 0. The van der Waals surface area contributed by atoms with Crippen LogP contribution in [0.3, 0.4) is 0 Å². The molecule has 0 unspecified atom stereocenters. The summed E-state index contributed by atoms with van der Waals surface area (Å²) in [6, 6.07) is 0. The summed E-state index contributed by atoms with van der Waals surface area (Å²) < 4.78 is 7.83. The molecule has 0 aromatic carbocycles. The molecule has 0 saturated carbocycles. The van der Waals surface area contributed by atoms with Gasteiger partial charge in [0, 0.05) is 0 Å². The molecule has 0 aliphatic rings. The molecule has 0 aliphatic carbocycles. The molecule has 0 spiro atoms. The first-order valence-electron chi connectivity index (χ1n) is 0.167. The highest BCUT2D eigenvalue weighted by Crippen LogP contribution is 0.648. The van der Waals surface area contributed by atoms with Gasteiger partial charge in [-0.1, -0.05) is 0 Å². The van der Waals surface area contributed by atoms with Gasteiger partial charge in [-0.15, -0.1) is 0 Å². The quantitative estimate of drug-likeness (QED) is 0.390. The molecule has 0 fully saturated rings. The van der Waals surface area contributed by atoms with Gasteiger partial charge in [0.2, 0.25) is 0 Å². The second-order valence-corrected chi connectivity index (χ2v) is 0. The molecule has 0 atom stereocenters. The van der Waals surface area contributed by atoms with E-state index in [2.05, 4.69) is 12.5 Å². The number of hydrogen-bond donors (Lipinski definition) is 0. The van der Waals surface area contributed by atoms with Gasteiger partial charge in [-0.2, -0.15) is 17.7 Å². The summed E-state index contributed by atoms with van der Waals surface area (Å²) in [6.45, 7) is 0. The van der Waals surface area contributed by atoms with Gasteiger partial charge in [0.15, 0.2) is 12.5 Å². The second-order valence-electron chi connectivity index (χ2n) is 0. The summed E-state index contributed by atoms with van der Waals surface area (Å²) in [4.78, 5) is 0. The fourth-order valence-electron chi connectivity index (χ4n) is 0. The van der Waals surface area contributed by atoms with E-state index in [1.807, 2.05) is 0 Å². The van der Waals surface area contributed by atoms with E-state index in [1.165, 1.54) is 0 Å². The zero-order valence-electron chi connectivity index (χ0n) is 1.82. The van der Waals surface area contributed by atoms with Crippen LogP contribution in [0.1, 0.15) is 0 Å². The molecule has 0 bridgehead atoms. The molecule has 28 valence electrons. The molecule has 2 nitrogen and oxygen atoms in total. The summed E-state index contributed by atoms with van der Waals surface area (Å²) in [7, 11) is 0. The first-order valence-corrected chi connectivity index (χ1v) is 0.500. The summed E-state index contributed by atoms with van der Waals surface area (Å²) >= 11 is 2.83. The Bertz CT molecular complexity index is 4.00. The van der Waals surface area contributed by atoms with Gasteiger partial charge >= 0.3 is 0 Å². The van der Waals surface area contributed by atoms with Crippen molar-refractivity contribution in [2.75, 3.05) is 0 Å². The van der Waals surface area contributed by atoms with Crippen molar-refractivity contribution in [3.63, 3.8) is 0 Å². The van der Waals surface area contributed by atoms with Crippen LogP contribution >= 0.6 is 13.5 Å². The first-order chi connectivity index (χ1) is 1.00. The van der Waals surface area contributed by atoms with Crippen LogP contribution in [0.5, 0.6) is 0 Å². The van der Waals surface area contributed by atoms with Crippen LogP contribution in [0, 0.1) is 0 Å². The van der Waals surface area contributed by atoms with Crippen molar-refractivity contribution >= 4 is 26.0 Å². The minimum atomic E-state index is 0. The van der Waals surface area contributed by atoms with Gasteiger partial charge in [0.05, 0.1) is 0 Å². The maximum absolute atomic E-state index is 7.83. The Balaban J connectivity index is -0.00000000500. The molecule has 0 rings (SSSR count). The van der Waals surface area contributed by atoms with Crippen LogP contribution in [-0.4, -0.2) is 9.69 Å². The normalized spacial score (nSPS) is 1.00. The Morgan fingerprint density at radius 3 is 1.25 bits per heavy atom. The lowest BCUT2D eigenvalue weighted by atomic mass is 16.0. The summed E-state index contributed by atoms with van der Waals surface area (Å²) in [5.74, 6) is 0. The predicted molar refractivity (Wildman–Crippen MR) is 22.1 cm³/mol. The molecule has 4 heavy (non-hydrogen) atoms. The summed E-state index contributed by atoms with van der Waals surface area (Å²) in [5, 5.41) is 0. The average molecular weight is 100 g/mol. The number of rotatable bonds is 0. The van der Waals surface area contributed by atoms with Gasteiger partial charge in [-0.25, -0.2) is 0 Å². The van der Waals surface area contributed by atoms with Crippen LogP contribution in [0.15, 0.2) is 0 Å². The zero-order valence-corrected chi connectivity index (χ0v) is 3.63. The molecule has 0 heterocycles. The highest BCUT2D eigenvalue weighted by molar-refractivity contribution is 7.59. The van der Waals surface area contributed by atoms with Gasteiger partial charge in [-0.3, -0.25) is 0 Å². The molecular weight excluding hydrogens is 96.1 g/mol. The molecule has 0 saturated heterocycles. The van der Waals surface area contributed by atoms with Crippen LogP contribution in [0.25, 0.3) is 0 Å². The van der Waals surface area contributed by atoms with E-state index in [9.17, 15) is 0 Å². The Morgan fingerprint density at radius 2 is 1.25 bits per heavy atom. The van der Waals surface area contributed by atoms with E-state index < -0.39 is 0 Å². The minimum Gasteiger partial charge on any atom is -0.412 e. The van der Waals surface area contributed by atoms with Crippen molar-refractivity contribution < 1.29 is 9.69 Å². The topological polar surface area (TPSA) is 48.6 Å². The standard InChI is InChI=1S/OS.H2O.H2S/c1-2;;/h;2*1H2. The van der Waals surface area contributed by atoms with E-state index in [4.69, 9.17) is 4.21 Å². The van der Waals surface area contributed by atoms with Gasteiger partial charge in [0.25, 0.3) is 0 Å². The Morgan fingerprint density at radius 1 is 1.25 bits per heavy atom. The number of hydrogen-bond acceptors (Lipinski definition) is 2. The van der Waals surface area contributed by atoms with Crippen molar-refractivity contribution in [2.45, 2.75) is 0 Å². The van der Waals surface area contributed by atoms with Crippen LogP contribution < -0.4 is 0 Å².